The van der Waals surface area contributed by atoms with Gasteiger partial charge >= 0.3 is 0 Å². The van der Waals surface area contributed by atoms with E-state index >= 15 is 0 Å². The zero-order valence-corrected chi connectivity index (χ0v) is 11.5. The Kier molecular flexibility index (Phi) is 3.29. The molecular formula is C16H24N2. The number of nitrogens with one attached hydrogen (secondary N) is 1. The van der Waals surface area contributed by atoms with Crippen molar-refractivity contribution in [2.45, 2.75) is 57.7 Å². The number of para-hydroxylation sites is 1. The minimum atomic E-state index is 0.602. The lowest BCUT2D eigenvalue weighted by Crippen LogP contribution is -2.48. The van der Waals surface area contributed by atoms with Gasteiger partial charge in [0.15, 0.2) is 0 Å². The molecule has 2 heteroatoms. The number of likely N-dealkylation sites (tertiary alicyclic amines) is 1. The van der Waals surface area contributed by atoms with Crippen molar-refractivity contribution in [2.24, 2.45) is 0 Å². The largest absolute Gasteiger partial charge is 0.380 e. The molecule has 0 amide bonds. The first-order valence-corrected chi connectivity index (χ1v) is 7.34. The number of anilines is 1. The predicted molar refractivity (Wildman–Crippen MR) is 77.0 cm³/mol. The number of hydrogen-bond acceptors (Lipinski definition) is 2. The molecule has 0 bridgehead atoms. The van der Waals surface area contributed by atoms with Crippen LogP contribution in [0.4, 0.5) is 5.69 Å². The summed E-state index contributed by atoms with van der Waals surface area (Å²) in [5.41, 5.74) is 2.83. The summed E-state index contributed by atoms with van der Waals surface area (Å²) in [4.78, 5) is 2.70. The molecule has 18 heavy (non-hydrogen) atoms. The highest BCUT2D eigenvalue weighted by atomic mass is 15.2. The highest BCUT2D eigenvalue weighted by Crippen LogP contribution is 2.28. The van der Waals surface area contributed by atoms with E-state index in [-0.39, 0.29) is 0 Å². The average Bonchev–Trinajstić information content (AvgIpc) is 2.76. The molecule has 2 heterocycles. The fraction of sp³-hybridized carbons (Fsp3) is 0.625. The van der Waals surface area contributed by atoms with Crippen LogP contribution in [-0.2, 0) is 6.42 Å². The lowest BCUT2D eigenvalue weighted by Gasteiger charge is -2.40. The fourth-order valence-electron chi connectivity index (χ4n) is 3.57. The molecule has 2 nitrogen and oxygen atoms in total. The van der Waals surface area contributed by atoms with Gasteiger partial charge in [0.05, 0.1) is 0 Å². The van der Waals surface area contributed by atoms with Crippen LogP contribution in [0.5, 0.6) is 0 Å². The first-order valence-electron chi connectivity index (χ1n) is 7.34. The van der Waals surface area contributed by atoms with Gasteiger partial charge in [0.1, 0.15) is 0 Å². The van der Waals surface area contributed by atoms with Gasteiger partial charge in [0, 0.05) is 30.4 Å². The van der Waals surface area contributed by atoms with E-state index in [0.717, 1.165) is 12.1 Å². The van der Waals surface area contributed by atoms with E-state index < -0.39 is 0 Å². The Hall–Kier alpha value is -1.02. The van der Waals surface area contributed by atoms with Crippen molar-refractivity contribution < 1.29 is 0 Å². The minimum Gasteiger partial charge on any atom is -0.380 e. The normalized spacial score (nSPS) is 32.0. The van der Waals surface area contributed by atoms with Crippen LogP contribution >= 0.6 is 0 Å². The van der Waals surface area contributed by atoms with Crippen molar-refractivity contribution in [3.8, 4) is 0 Å². The van der Waals surface area contributed by atoms with Gasteiger partial charge in [-0.3, -0.25) is 4.90 Å². The van der Waals surface area contributed by atoms with Crippen LogP contribution < -0.4 is 5.32 Å². The highest BCUT2D eigenvalue weighted by Gasteiger charge is 2.29. The van der Waals surface area contributed by atoms with E-state index in [1.54, 1.807) is 0 Å². The van der Waals surface area contributed by atoms with Crippen molar-refractivity contribution in [1.82, 2.24) is 4.90 Å². The highest BCUT2D eigenvalue weighted by molar-refractivity contribution is 5.56. The van der Waals surface area contributed by atoms with Crippen LogP contribution in [0.15, 0.2) is 24.3 Å². The third-order valence-electron chi connectivity index (χ3n) is 4.65. The van der Waals surface area contributed by atoms with Gasteiger partial charge in [-0.25, -0.2) is 0 Å². The number of rotatable bonds is 2. The lowest BCUT2D eigenvalue weighted by atomic mass is 9.96. The van der Waals surface area contributed by atoms with Crippen molar-refractivity contribution in [1.29, 1.82) is 0 Å². The summed E-state index contributed by atoms with van der Waals surface area (Å²) in [6.07, 6.45) is 5.32. The number of hydrogen-bond donors (Lipinski definition) is 1. The number of piperidine rings is 1. The van der Waals surface area contributed by atoms with Crippen LogP contribution in [0, 0.1) is 0 Å². The van der Waals surface area contributed by atoms with Gasteiger partial charge < -0.3 is 5.32 Å². The van der Waals surface area contributed by atoms with E-state index in [2.05, 4.69) is 48.3 Å². The molecule has 3 atom stereocenters. The summed E-state index contributed by atoms with van der Waals surface area (Å²) in [5.74, 6) is 0. The second-order valence-electron chi connectivity index (χ2n) is 6.03. The maximum absolute atomic E-state index is 3.68. The molecule has 1 aromatic carbocycles. The molecule has 2 aliphatic heterocycles. The topological polar surface area (TPSA) is 15.3 Å². The summed E-state index contributed by atoms with van der Waals surface area (Å²) in [6, 6.07) is 10.8. The van der Waals surface area contributed by atoms with Crippen molar-refractivity contribution in [3.63, 3.8) is 0 Å². The summed E-state index contributed by atoms with van der Waals surface area (Å²) < 4.78 is 0. The van der Waals surface area contributed by atoms with Gasteiger partial charge in [0.2, 0.25) is 0 Å². The Morgan fingerprint density at radius 2 is 1.89 bits per heavy atom. The van der Waals surface area contributed by atoms with E-state index in [1.165, 1.54) is 43.5 Å². The molecule has 1 fully saturated rings. The second kappa shape index (κ2) is 4.93. The molecule has 1 saturated heterocycles. The Morgan fingerprint density at radius 3 is 2.61 bits per heavy atom. The van der Waals surface area contributed by atoms with Crippen molar-refractivity contribution in [2.75, 3.05) is 11.9 Å². The molecular weight excluding hydrogens is 220 g/mol. The Labute approximate surface area is 110 Å². The Morgan fingerprint density at radius 1 is 1.17 bits per heavy atom. The third-order valence-corrected chi connectivity index (χ3v) is 4.65. The molecule has 0 saturated carbocycles. The van der Waals surface area contributed by atoms with Crippen molar-refractivity contribution >= 4 is 5.69 Å². The van der Waals surface area contributed by atoms with E-state index in [1.807, 2.05) is 0 Å². The molecule has 1 aromatic rings. The van der Waals surface area contributed by atoms with E-state index in [4.69, 9.17) is 0 Å². The fourth-order valence-corrected chi connectivity index (χ4v) is 3.57. The van der Waals surface area contributed by atoms with Crippen LogP contribution in [0.25, 0.3) is 0 Å². The first kappa shape index (κ1) is 12.0. The number of benzene rings is 1. The molecule has 0 aliphatic carbocycles. The van der Waals surface area contributed by atoms with Gasteiger partial charge in [-0.05, 0) is 44.7 Å². The van der Waals surface area contributed by atoms with Gasteiger partial charge in [0.25, 0.3) is 0 Å². The number of fused-ring (bicyclic) bond motifs is 1. The third kappa shape index (κ3) is 2.26. The van der Waals surface area contributed by atoms with Crippen LogP contribution in [-0.4, -0.2) is 29.6 Å². The standard InChI is InChI=1S/C16H24N2/c1-12-6-5-7-13(2)18(12)11-15-10-14-8-3-4-9-16(14)17-15/h3-4,8-9,12-13,15,17H,5-7,10-11H2,1-2H3. The molecule has 0 aromatic heterocycles. The maximum atomic E-state index is 3.68. The van der Waals surface area contributed by atoms with E-state index in [9.17, 15) is 0 Å². The van der Waals surface area contributed by atoms with Crippen molar-refractivity contribution in [3.05, 3.63) is 29.8 Å². The van der Waals surface area contributed by atoms with Crippen LogP contribution in [0.2, 0.25) is 0 Å². The molecule has 98 valence electrons. The van der Waals surface area contributed by atoms with Crippen LogP contribution in [0.3, 0.4) is 0 Å². The zero-order chi connectivity index (χ0) is 12.5. The van der Waals surface area contributed by atoms with Gasteiger partial charge in [-0.2, -0.15) is 0 Å². The average molecular weight is 244 g/mol. The Bertz CT molecular complexity index is 380. The summed E-state index contributed by atoms with van der Waals surface area (Å²) in [5, 5.41) is 3.68. The molecule has 0 radical (unpaired) electrons. The monoisotopic (exact) mass is 244 g/mol. The van der Waals surface area contributed by atoms with Gasteiger partial charge in [-0.1, -0.05) is 24.6 Å². The quantitative estimate of drug-likeness (QED) is 0.859. The summed E-state index contributed by atoms with van der Waals surface area (Å²) >= 11 is 0. The Balaban J connectivity index is 1.65. The molecule has 0 spiro atoms. The molecule has 1 N–H and O–H groups in total. The van der Waals surface area contributed by atoms with Crippen LogP contribution in [0.1, 0.15) is 38.7 Å². The molecule has 2 aliphatic rings. The SMILES string of the molecule is CC1CCCC(C)N1CC1Cc2ccccc2N1. The summed E-state index contributed by atoms with van der Waals surface area (Å²) in [7, 11) is 0. The zero-order valence-electron chi connectivity index (χ0n) is 11.5. The first-order chi connectivity index (χ1) is 8.74. The summed E-state index contributed by atoms with van der Waals surface area (Å²) in [6.45, 7) is 5.96. The lowest BCUT2D eigenvalue weighted by molar-refractivity contribution is 0.0991. The maximum Gasteiger partial charge on any atom is 0.0429 e. The molecule has 3 unspecified atom stereocenters. The minimum absolute atomic E-state index is 0.602. The number of nitrogens with zero attached hydrogens (tertiary/aromatic N) is 1. The van der Waals surface area contributed by atoms with Gasteiger partial charge in [-0.15, -0.1) is 0 Å². The second-order valence-corrected chi connectivity index (χ2v) is 6.03. The molecule has 3 rings (SSSR count). The van der Waals surface area contributed by atoms with E-state index in [0.29, 0.717) is 6.04 Å². The smallest absolute Gasteiger partial charge is 0.0429 e. The predicted octanol–water partition coefficient (Wildman–Crippen LogP) is 3.29.